The largest absolute Gasteiger partial charge is 0.340 e. The van der Waals surface area contributed by atoms with Crippen LogP contribution in [0.2, 0.25) is 0 Å². The molecule has 3 nitrogen and oxygen atoms in total. The standard InChI is InChI=1S/C70H67N3S4/c1-4-7-10-13-36-71-59-41-47(65-18-16-39-74-65)20-26-53(59)55-28-22-49(43-61(55)71)67-32-34-69(76-67)51-24-30-57-58-31-25-52(46-64(58)73(63(57)45-51)38-15-12-9-6-3)70-35-33-68(77-70)50-23-29-56-54-27-21-48(66-19-17-40-75-66)42-60(54)72(62(56)44-50)37-14-11-8-5-2/h16-35,39-46H,4-15,36-38H2,1-3H3. The number of fused-ring (bicyclic) bond motifs is 9. The Balaban J connectivity index is 0.828. The van der Waals surface area contributed by atoms with Crippen LogP contribution in [0.25, 0.3) is 128 Å². The Morgan fingerprint density at radius 2 is 0.532 bits per heavy atom. The molecule has 7 aromatic heterocycles. The fraction of sp³-hybridized carbons (Fsp3) is 0.257. The number of hydrogen-bond acceptors (Lipinski definition) is 4. The molecular formula is C70H67N3S4. The zero-order valence-electron chi connectivity index (χ0n) is 44.7. The first kappa shape index (κ1) is 50.1. The minimum absolute atomic E-state index is 1.01. The Morgan fingerprint density at radius 3 is 0.766 bits per heavy atom. The molecule has 0 aliphatic heterocycles. The minimum Gasteiger partial charge on any atom is -0.340 e. The maximum absolute atomic E-state index is 2.64. The summed E-state index contributed by atoms with van der Waals surface area (Å²) in [7, 11) is 0. The molecule has 0 aliphatic carbocycles. The summed E-state index contributed by atoms with van der Waals surface area (Å²) < 4.78 is 7.87. The van der Waals surface area contributed by atoms with E-state index in [0.29, 0.717) is 0 Å². The molecule has 77 heavy (non-hydrogen) atoms. The summed E-state index contributed by atoms with van der Waals surface area (Å²) in [6.45, 7) is 10.0. The van der Waals surface area contributed by atoms with E-state index in [2.05, 4.69) is 203 Å². The van der Waals surface area contributed by atoms with Gasteiger partial charge in [-0.05, 0) is 136 Å². The Labute approximate surface area is 469 Å². The van der Waals surface area contributed by atoms with Gasteiger partial charge in [-0.3, -0.25) is 0 Å². The average Bonchev–Trinajstić information content (AvgIpc) is 4.48. The summed E-state index contributed by atoms with van der Waals surface area (Å²) in [6, 6.07) is 61.3. The summed E-state index contributed by atoms with van der Waals surface area (Å²) in [4.78, 5) is 7.92. The van der Waals surface area contributed by atoms with Crippen molar-refractivity contribution in [3.05, 3.63) is 168 Å². The molecule has 0 aliphatic rings. The molecule has 7 heterocycles. The van der Waals surface area contributed by atoms with Crippen molar-refractivity contribution in [2.75, 3.05) is 0 Å². The number of unbranched alkanes of at least 4 members (excludes halogenated alkanes) is 9. The van der Waals surface area contributed by atoms with Crippen LogP contribution in [0.3, 0.4) is 0 Å². The third-order valence-electron chi connectivity index (χ3n) is 16.3. The lowest BCUT2D eigenvalue weighted by Crippen LogP contribution is -1.98. The highest BCUT2D eigenvalue weighted by molar-refractivity contribution is 7.19. The lowest BCUT2D eigenvalue weighted by atomic mass is 10.1. The number of thiophene rings is 4. The van der Waals surface area contributed by atoms with E-state index in [9.17, 15) is 0 Å². The lowest BCUT2D eigenvalue weighted by molar-refractivity contribution is 0.602. The Bertz CT molecular complexity index is 3920. The molecule has 0 saturated carbocycles. The van der Waals surface area contributed by atoms with E-state index in [1.54, 1.807) is 0 Å². The van der Waals surface area contributed by atoms with Crippen molar-refractivity contribution in [1.82, 2.24) is 13.7 Å². The Hall–Kier alpha value is -6.48. The molecule has 0 atom stereocenters. The minimum atomic E-state index is 1.01. The van der Waals surface area contributed by atoms with Crippen molar-refractivity contribution < 1.29 is 0 Å². The molecule has 0 unspecified atom stereocenters. The van der Waals surface area contributed by atoms with Crippen molar-refractivity contribution in [2.24, 2.45) is 0 Å². The fourth-order valence-electron chi connectivity index (χ4n) is 12.2. The molecule has 6 aromatic carbocycles. The van der Waals surface area contributed by atoms with Crippen LogP contribution < -0.4 is 0 Å². The van der Waals surface area contributed by atoms with Gasteiger partial charge in [0.1, 0.15) is 0 Å². The topological polar surface area (TPSA) is 14.8 Å². The first-order chi connectivity index (χ1) is 38.0. The van der Waals surface area contributed by atoms with E-state index in [-0.39, 0.29) is 0 Å². The number of hydrogen-bond donors (Lipinski definition) is 0. The van der Waals surface area contributed by atoms with Gasteiger partial charge in [0.25, 0.3) is 0 Å². The molecule has 0 spiro atoms. The second-order valence-electron chi connectivity index (χ2n) is 21.3. The number of benzene rings is 6. The fourth-order valence-corrected chi connectivity index (χ4v) is 15.6. The summed E-state index contributed by atoms with van der Waals surface area (Å²) in [6.07, 6.45) is 14.9. The summed E-state index contributed by atoms with van der Waals surface area (Å²) in [5.41, 5.74) is 15.9. The number of nitrogens with zero attached hydrogens (tertiary/aromatic N) is 3. The molecule has 386 valence electrons. The quantitative estimate of drug-likeness (QED) is 0.0637. The molecule has 0 radical (unpaired) electrons. The van der Waals surface area contributed by atoms with Gasteiger partial charge in [-0.2, -0.15) is 0 Å². The second-order valence-corrected chi connectivity index (χ2v) is 25.4. The molecule has 0 fully saturated rings. The molecule has 0 N–H and O–H groups in total. The monoisotopic (exact) mass is 1080 g/mol. The van der Waals surface area contributed by atoms with E-state index in [1.807, 2.05) is 45.3 Å². The Kier molecular flexibility index (Phi) is 14.4. The number of rotatable bonds is 21. The molecule has 0 saturated heterocycles. The third-order valence-corrected chi connectivity index (χ3v) is 20.5. The molecule has 7 heteroatoms. The van der Waals surface area contributed by atoms with E-state index < -0.39 is 0 Å². The summed E-state index contributed by atoms with van der Waals surface area (Å²) >= 11 is 7.49. The van der Waals surface area contributed by atoms with Gasteiger partial charge >= 0.3 is 0 Å². The van der Waals surface area contributed by atoms with Crippen LogP contribution >= 0.6 is 45.3 Å². The highest BCUT2D eigenvalue weighted by Gasteiger charge is 2.19. The smallest absolute Gasteiger partial charge is 0.0497 e. The highest BCUT2D eigenvalue weighted by atomic mass is 32.1. The molecule has 0 bridgehead atoms. The van der Waals surface area contributed by atoms with Crippen molar-refractivity contribution in [2.45, 2.75) is 117 Å². The molecule has 13 aromatic rings. The predicted octanol–water partition coefficient (Wildman–Crippen LogP) is 23.0. The van der Waals surface area contributed by atoms with Crippen molar-refractivity contribution in [3.8, 4) is 62.6 Å². The molecule has 0 amide bonds. The zero-order chi connectivity index (χ0) is 51.8. The van der Waals surface area contributed by atoms with Crippen LogP contribution in [0.15, 0.2) is 168 Å². The van der Waals surface area contributed by atoms with Crippen LogP contribution in [-0.2, 0) is 19.6 Å². The lowest BCUT2D eigenvalue weighted by Gasteiger charge is -2.09. The van der Waals surface area contributed by atoms with E-state index in [4.69, 9.17) is 0 Å². The van der Waals surface area contributed by atoms with Gasteiger partial charge in [-0.25, -0.2) is 0 Å². The van der Waals surface area contributed by atoms with E-state index >= 15 is 0 Å². The second kappa shape index (κ2) is 22.1. The number of aromatic nitrogens is 3. The van der Waals surface area contributed by atoms with Gasteiger partial charge in [0.05, 0.1) is 0 Å². The van der Waals surface area contributed by atoms with Crippen LogP contribution in [-0.4, -0.2) is 13.7 Å². The average molecular weight is 1080 g/mol. The van der Waals surface area contributed by atoms with Crippen LogP contribution in [0.4, 0.5) is 0 Å². The maximum Gasteiger partial charge on any atom is 0.0497 e. The summed E-state index contributed by atoms with van der Waals surface area (Å²) in [5, 5.41) is 12.5. The number of aryl methyl sites for hydroxylation is 3. The predicted molar refractivity (Wildman–Crippen MR) is 342 cm³/mol. The maximum atomic E-state index is 2.64. The van der Waals surface area contributed by atoms with Crippen LogP contribution in [0, 0.1) is 0 Å². The van der Waals surface area contributed by atoms with E-state index in [0.717, 1.165) is 19.6 Å². The first-order valence-electron chi connectivity index (χ1n) is 28.5. The van der Waals surface area contributed by atoms with Gasteiger partial charge in [0.2, 0.25) is 0 Å². The van der Waals surface area contributed by atoms with Crippen molar-refractivity contribution in [1.29, 1.82) is 0 Å². The first-order valence-corrected chi connectivity index (χ1v) is 31.9. The van der Waals surface area contributed by atoms with Crippen LogP contribution in [0.5, 0.6) is 0 Å². The molecular weight excluding hydrogens is 1010 g/mol. The van der Waals surface area contributed by atoms with Gasteiger partial charge in [0.15, 0.2) is 0 Å². The van der Waals surface area contributed by atoms with Gasteiger partial charge in [-0.15, -0.1) is 45.3 Å². The zero-order valence-corrected chi connectivity index (χ0v) is 48.0. The van der Waals surface area contributed by atoms with Crippen molar-refractivity contribution in [3.63, 3.8) is 0 Å². The Morgan fingerprint density at radius 1 is 0.273 bits per heavy atom. The summed E-state index contributed by atoms with van der Waals surface area (Å²) in [5.74, 6) is 0. The van der Waals surface area contributed by atoms with Crippen LogP contribution in [0.1, 0.15) is 97.8 Å². The van der Waals surface area contributed by atoms with Gasteiger partial charge < -0.3 is 13.7 Å². The highest BCUT2D eigenvalue weighted by Crippen LogP contribution is 2.44. The van der Waals surface area contributed by atoms with Crippen molar-refractivity contribution >= 4 is 111 Å². The van der Waals surface area contributed by atoms with Gasteiger partial charge in [0, 0.05) is 114 Å². The van der Waals surface area contributed by atoms with E-state index in [1.165, 1.54) is 205 Å². The normalized spacial score (nSPS) is 12.1. The molecule has 13 rings (SSSR count). The third kappa shape index (κ3) is 9.62. The SMILES string of the molecule is CCCCCCn1c2cc(-c3cccs3)ccc2c2ccc(-c3ccc(-c4ccc5c6ccc(-c7ccc(-c8ccc9c%10ccc(-c%11cccs%11)cc%10n(CCCCCC)c9c8)s7)cc6n(CCCCCC)c5c4)s3)cc21. The van der Waals surface area contributed by atoms with Gasteiger partial charge in [-0.1, -0.05) is 163 Å².